The van der Waals surface area contributed by atoms with E-state index in [0.717, 1.165) is 25.2 Å². The third kappa shape index (κ3) is 3.08. The number of rotatable bonds is 2. The van der Waals surface area contributed by atoms with E-state index in [9.17, 15) is 0 Å². The molecule has 1 aliphatic rings. The first kappa shape index (κ1) is 10.7. The van der Waals surface area contributed by atoms with Gasteiger partial charge in [0.05, 0.1) is 10.7 Å². The van der Waals surface area contributed by atoms with Crippen LogP contribution < -0.4 is 10.6 Å². The lowest BCUT2D eigenvalue weighted by atomic mass is 10.1. The molecule has 2 rings (SSSR count). The van der Waals surface area contributed by atoms with Crippen LogP contribution in [0.5, 0.6) is 0 Å². The maximum atomic E-state index is 6.04. The van der Waals surface area contributed by atoms with E-state index in [1.807, 2.05) is 6.07 Å². The number of pyridine rings is 1. The summed E-state index contributed by atoms with van der Waals surface area (Å²) in [5, 5.41) is 7.57. The van der Waals surface area contributed by atoms with E-state index in [1.165, 1.54) is 12.8 Å². The summed E-state index contributed by atoms with van der Waals surface area (Å²) >= 11 is 6.04. The molecule has 0 amide bonds. The van der Waals surface area contributed by atoms with Crippen molar-refractivity contribution in [3.05, 3.63) is 23.5 Å². The summed E-state index contributed by atoms with van der Waals surface area (Å²) < 4.78 is 0. The molecule has 0 saturated carbocycles. The molecule has 0 spiro atoms. The number of nitrogens with zero attached hydrogens (tertiary/aromatic N) is 1. The van der Waals surface area contributed by atoms with Crippen molar-refractivity contribution in [2.45, 2.75) is 25.3 Å². The summed E-state index contributed by atoms with van der Waals surface area (Å²) in [5.74, 6) is 0. The van der Waals surface area contributed by atoms with E-state index in [1.54, 1.807) is 12.4 Å². The van der Waals surface area contributed by atoms with Gasteiger partial charge in [0.1, 0.15) is 0 Å². The molecule has 0 radical (unpaired) electrons. The normalized spacial score (nSPS) is 22.1. The first-order chi connectivity index (χ1) is 7.36. The molecule has 1 aromatic heterocycles. The zero-order valence-corrected chi connectivity index (χ0v) is 9.43. The van der Waals surface area contributed by atoms with E-state index < -0.39 is 0 Å². The third-order valence-corrected chi connectivity index (χ3v) is 3.01. The largest absolute Gasteiger partial charge is 0.381 e. The second-order valence-electron chi connectivity index (χ2n) is 3.88. The van der Waals surface area contributed by atoms with Gasteiger partial charge in [-0.2, -0.15) is 0 Å². The van der Waals surface area contributed by atoms with Crippen LogP contribution in [-0.2, 0) is 0 Å². The van der Waals surface area contributed by atoms with Gasteiger partial charge >= 0.3 is 0 Å². The van der Waals surface area contributed by atoms with Gasteiger partial charge in [0.15, 0.2) is 0 Å². The summed E-state index contributed by atoms with van der Waals surface area (Å²) in [6, 6.07) is 2.46. The monoisotopic (exact) mass is 225 g/mol. The lowest BCUT2D eigenvalue weighted by molar-refractivity contribution is 0.637. The topological polar surface area (TPSA) is 37.0 Å². The smallest absolute Gasteiger partial charge is 0.0820 e. The summed E-state index contributed by atoms with van der Waals surface area (Å²) in [6.45, 7) is 2.21. The Morgan fingerprint density at radius 1 is 1.40 bits per heavy atom. The summed E-state index contributed by atoms with van der Waals surface area (Å²) in [7, 11) is 0. The molecule has 82 valence electrons. The van der Waals surface area contributed by atoms with Crippen molar-refractivity contribution >= 4 is 17.3 Å². The number of hydrogen-bond acceptors (Lipinski definition) is 3. The van der Waals surface area contributed by atoms with Crippen LogP contribution >= 0.6 is 11.6 Å². The molecule has 0 bridgehead atoms. The minimum absolute atomic E-state index is 0.528. The Bertz CT molecular complexity index is 308. The SMILES string of the molecule is Clc1cnccc1NC1CCCNCC1. The van der Waals surface area contributed by atoms with Crippen LogP contribution in [0.1, 0.15) is 19.3 Å². The number of anilines is 1. The molecule has 1 fully saturated rings. The van der Waals surface area contributed by atoms with Gasteiger partial charge in [-0.15, -0.1) is 0 Å². The van der Waals surface area contributed by atoms with Gasteiger partial charge in [0.25, 0.3) is 0 Å². The van der Waals surface area contributed by atoms with Crippen molar-refractivity contribution in [3.63, 3.8) is 0 Å². The lowest BCUT2D eigenvalue weighted by Crippen LogP contribution is -2.21. The Labute approximate surface area is 95.2 Å². The van der Waals surface area contributed by atoms with Crippen LogP contribution in [-0.4, -0.2) is 24.1 Å². The fraction of sp³-hybridized carbons (Fsp3) is 0.545. The Morgan fingerprint density at radius 2 is 2.33 bits per heavy atom. The molecule has 1 aromatic rings. The Kier molecular flexibility index (Phi) is 3.80. The molecule has 2 N–H and O–H groups in total. The first-order valence-electron chi connectivity index (χ1n) is 5.43. The molecule has 1 aliphatic heterocycles. The van der Waals surface area contributed by atoms with E-state index in [0.29, 0.717) is 11.1 Å². The highest BCUT2D eigenvalue weighted by atomic mass is 35.5. The maximum absolute atomic E-state index is 6.04. The van der Waals surface area contributed by atoms with E-state index in [-0.39, 0.29) is 0 Å². The van der Waals surface area contributed by atoms with E-state index >= 15 is 0 Å². The summed E-state index contributed by atoms with van der Waals surface area (Å²) in [6.07, 6.45) is 7.02. The third-order valence-electron chi connectivity index (χ3n) is 2.71. The standard InChI is InChI=1S/C11H16ClN3/c12-10-8-14-7-4-11(10)15-9-2-1-5-13-6-3-9/h4,7-9,13H,1-3,5-6H2,(H,14,15). The molecule has 1 saturated heterocycles. The minimum atomic E-state index is 0.528. The molecule has 0 aromatic carbocycles. The molecule has 0 aliphatic carbocycles. The van der Waals surface area contributed by atoms with E-state index in [4.69, 9.17) is 11.6 Å². The second-order valence-corrected chi connectivity index (χ2v) is 4.28. The van der Waals surface area contributed by atoms with Crippen molar-refractivity contribution in [1.29, 1.82) is 0 Å². The van der Waals surface area contributed by atoms with Crippen LogP contribution in [0.4, 0.5) is 5.69 Å². The molecule has 1 atom stereocenters. The van der Waals surface area contributed by atoms with E-state index in [2.05, 4.69) is 15.6 Å². The number of halogens is 1. The average molecular weight is 226 g/mol. The predicted octanol–water partition coefficient (Wildman–Crippen LogP) is 2.29. The number of hydrogen-bond donors (Lipinski definition) is 2. The van der Waals surface area contributed by atoms with Gasteiger partial charge in [0.2, 0.25) is 0 Å². The van der Waals surface area contributed by atoms with Gasteiger partial charge in [-0.3, -0.25) is 4.98 Å². The van der Waals surface area contributed by atoms with Gasteiger partial charge in [-0.25, -0.2) is 0 Å². The zero-order chi connectivity index (χ0) is 10.5. The molecule has 15 heavy (non-hydrogen) atoms. The summed E-state index contributed by atoms with van der Waals surface area (Å²) in [4.78, 5) is 3.97. The lowest BCUT2D eigenvalue weighted by Gasteiger charge is -2.17. The molecular formula is C11H16ClN3. The molecular weight excluding hydrogens is 210 g/mol. The molecule has 2 heterocycles. The highest BCUT2D eigenvalue weighted by Gasteiger charge is 2.12. The van der Waals surface area contributed by atoms with Crippen LogP contribution in [0.3, 0.4) is 0 Å². The van der Waals surface area contributed by atoms with Crippen molar-refractivity contribution in [2.24, 2.45) is 0 Å². The number of nitrogens with one attached hydrogen (secondary N) is 2. The van der Waals surface area contributed by atoms with Crippen LogP contribution in [0.2, 0.25) is 5.02 Å². The Balaban J connectivity index is 1.98. The van der Waals surface area contributed by atoms with Crippen molar-refractivity contribution in [3.8, 4) is 0 Å². The van der Waals surface area contributed by atoms with Crippen LogP contribution in [0, 0.1) is 0 Å². The van der Waals surface area contributed by atoms with Gasteiger partial charge in [-0.1, -0.05) is 11.6 Å². The van der Waals surface area contributed by atoms with Gasteiger partial charge in [-0.05, 0) is 38.4 Å². The summed E-state index contributed by atoms with van der Waals surface area (Å²) in [5.41, 5.74) is 0.999. The minimum Gasteiger partial charge on any atom is -0.381 e. The van der Waals surface area contributed by atoms with Crippen molar-refractivity contribution in [1.82, 2.24) is 10.3 Å². The highest BCUT2D eigenvalue weighted by Crippen LogP contribution is 2.22. The highest BCUT2D eigenvalue weighted by molar-refractivity contribution is 6.33. The zero-order valence-electron chi connectivity index (χ0n) is 8.67. The molecule has 4 heteroatoms. The fourth-order valence-corrected chi connectivity index (χ4v) is 2.05. The van der Waals surface area contributed by atoms with Crippen molar-refractivity contribution < 1.29 is 0 Å². The maximum Gasteiger partial charge on any atom is 0.0820 e. The second kappa shape index (κ2) is 5.33. The van der Waals surface area contributed by atoms with Gasteiger partial charge < -0.3 is 10.6 Å². The Morgan fingerprint density at radius 3 is 3.20 bits per heavy atom. The fourth-order valence-electron chi connectivity index (χ4n) is 1.88. The number of aromatic nitrogens is 1. The predicted molar refractivity (Wildman–Crippen MR) is 63.4 cm³/mol. The van der Waals surface area contributed by atoms with Crippen LogP contribution in [0.15, 0.2) is 18.5 Å². The molecule has 3 nitrogen and oxygen atoms in total. The quantitative estimate of drug-likeness (QED) is 0.811. The van der Waals surface area contributed by atoms with Gasteiger partial charge in [0, 0.05) is 18.4 Å². The molecule has 1 unspecified atom stereocenters. The first-order valence-corrected chi connectivity index (χ1v) is 5.81. The average Bonchev–Trinajstić information content (AvgIpc) is 2.50. The Hall–Kier alpha value is -0.800. The van der Waals surface area contributed by atoms with Crippen molar-refractivity contribution in [2.75, 3.05) is 18.4 Å². The van der Waals surface area contributed by atoms with Crippen LogP contribution in [0.25, 0.3) is 0 Å².